The number of hydrogen-bond donors (Lipinski definition) is 1. The molecule has 0 heterocycles. The lowest BCUT2D eigenvalue weighted by Crippen LogP contribution is -2.22. The Kier molecular flexibility index (Phi) is 5.19. The minimum atomic E-state index is 0. The zero-order valence-corrected chi connectivity index (χ0v) is 9.12. The summed E-state index contributed by atoms with van der Waals surface area (Å²) >= 11 is 0. The molecule has 0 unspecified atom stereocenters. The van der Waals surface area contributed by atoms with Crippen molar-refractivity contribution in [3.05, 3.63) is 0 Å². The highest BCUT2D eigenvalue weighted by molar-refractivity contribution is 5.85. The molecular weight excluding hydrogens is 170 g/mol. The lowest BCUT2D eigenvalue weighted by molar-refractivity contribution is 0.186. The molecule has 0 atom stereocenters. The molecule has 74 valence electrons. The normalized spacial score (nSPS) is 23.2. The van der Waals surface area contributed by atoms with Crippen LogP contribution < -0.4 is 5.73 Å². The Morgan fingerprint density at radius 1 is 1.25 bits per heavy atom. The van der Waals surface area contributed by atoms with Crippen LogP contribution in [0.5, 0.6) is 0 Å². The SMILES string of the molecule is CC1(C)CCC(CCN)CC1.Cl. The van der Waals surface area contributed by atoms with Gasteiger partial charge in [0, 0.05) is 0 Å². The topological polar surface area (TPSA) is 26.0 Å². The number of hydrogen-bond acceptors (Lipinski definition) is 1. The van der Waals surface area contributed by atoms with Crippen LogP contribution in [0.3, 0.4) is 0 Å². The van der Waals surface area contributed by atoms with Crippen LogP contribution in [0.25, 0.3) is 0 Å². The quantitative estimate of drug-likeness (QED) is 0.714. The Labute approximate surface area is 82.5 Å². The molecule has 0 aromatic carbocycles. The van der Waals surface area contributed by atoms with Gasteiger partial charge in [0.1, 0.15) is 0 Å². The van der Waals surface area contributed by atoms with Gasteiger partial charge in [-0.3, -0.25) is 0 Å². The second kappa shape index (κ2) is 5.08. The average molecular weight is 192 g/mol. The van der Waals surface area contributed by atoms with E-state index in [1.54, 1.807) is 0 Å². The van der Waals surface area contributed by atoms with Crippen LogP contribution in [-0.2, 0) is 0 Å². The van der Waals surface area contributed by atoms with Crippen LogP contribution in [-0.4, -0.2) is 6.54 Å². The van der Waals surface area contributed by atoms with Crippen molar-refractivity contribution in [3.63, 3.8) is 0 Å². The molecule has 0 aromatic rings. The molecule has 0 aromatic heterocycles. The van der Waals surface area contributed by atoms with E-state index in [0.717, 1.165) is 12.5 Å². The zero-order valence-electron chi connectivity index (χ0n) is 8.31. The van der Waals surface area contributed by atoms with Crippen molar-refractivity contribution in [2.24, 2.45) is 17.1 Å². The minimum Gasteiger partial charge on any atom is -0.330 e. The van der Waals surface area contributed by atoms with Crippen molar-refractivity contribution < 1.29 is 0 Å². The third-order valence-corrected chi connectivity index (χ3v) is 3.03. The lowest BCUT2D eigenvalue weighted by atomic mass is 9.72. The molecule has 1 nitrogen and oxygen atoms in total. The maximum absolute atomic E-state index is 5.53. The fraction of sp³-hybridized carbons (Fsp3) is 1.00. The van der Waals surface area contributed by atoms with E-state index in [4.69, 9.17) is 5.73 Å². The van der Waals surface area contributed by atoms with Crippen molar-refractivity contribution in [1.29, 1.82) is 0 Å². The van der Waals surface area contributed by atoms with E-state index in [1.807, 2.05) is 0 Å². The van der Waals surface area contributed by atoms with Crippen LogP contribution in [0.1, 0.15) is 46.0 Å². The van der Waals surface area contributed by atoms with E-state index in [2.05, 4.69) is 13.8 Å². The molecule has 2 heteroatoms. The predicted octanol–water partition coefficient (Wildman–Crippen LogP) is 2.97. The molecule has 0 saturated heterocycles. The highest BCUT2D eigenvalue weighted by Crippen LogP contribution is 2.38. The molecule has 0 bridgehead atoms. The van der Waals surface area contributed by atoms with E-state index in [9.17, 15) is 0 Å². The van der Waals surface area contributed by atoms with E-state index < -0.39 is 0 Å². The number of rotatable bonds is 2. The van der Waals surface area contributed by atoms with Crippen LogP contribution in [0.2, 0.25) is 0 Å². The highest BCUT2D eigenvalue weighted by Gasteiger charge is 2.25. The van der Waals surface area contributed by atoms with Gasteiger partial charge in [0.05, 0.1) is 0 Å². The first-order valence-electron chi connectivity index (χ1n) is 4.84. The molecule has 12 heavy (non-hydrogen) atoms. The van der Waals surface area contributed by atoms with Gasteiger partial charge >= 0.3 is 0 Å². The summed E-state index contributed by atoms with van der Waals surface area (Å²) in [6.45, 7) is 5.64. The van der Waals surface area contributed by atoms with Crippen LogP contribution >= 0.6 is 12.4 Å². The Morgan fingerprint density at radius 3 is 2.17 bits per heavy atom. The van der Waals surface area contributed by atoms with Crippen LogP contribution in [0.4, 0.5) is 0 Å². The smallest absolute Gasteiger partial charge is 0.00746 e. The Balaban J connectivity index is 0.00000121. The summed E-state index contributed by atoms with van der Waals surface area (Å²) in [5.41, 5.74) is 6.14. The van der Waals surface area contributed by atoms with E-state index in [-0.39, 0.29) is 12.4 Å². The fourth-order valence-corrected chi connectivity index (χ4v) is 1.98. The van der Waals surface area contributed by atoms with Gasteiger partial charge in [-0.15, -0.1) is 12.4 Å². The van der Waals surface area contributed by atoms with E-state index in [1.165, 1.54) is 32.1 Å². The number of halogens is 1. The summed E-state index contributed by atoms with van der Waals surface area (Å²) in [6.07, 6.45) is 6.86. The molecule has 1 fully saturated rings. The molecule has 2 N–H and O–H groups in total. The Morgan fingerprint density at radius 2 is 1.75 bits per heavy atom. The first-order valence-corrected chi connectivity index (χ1v) is 4.84. The first kappa shape index (κ1) is 12.2. The van der Waals surface area contributed by atoms with Gasteiger partial charge in [-0.2, -0.15) is 0 Å². The van der Waals surface area contributed by atoms with Crippen molar-refractivity contribution in [2.45, 2.75) is 46.0 Å². The largest absolute Gasteiger partial charge is 0.330 e. The van der Waals surface area contributed by atoms with Crippen molar-refractivity contribution in [2.75, 3.05) is 6.54 Å². The zero-order chi connectivity index (χ0) is 8.32. The summed E-state index contributed by atoms with van der Waals surface area (Å²) in [5, 5.41) is 0. The number of nitrogens with two attached hydrogens (primary N) is 1. The maximum Gasteiger partial charge on any atom is -0.00746 e. The molecule has 0 spiro atoms. The monoisotopic (exact) mass is 191 g/mol. The molecule has 1 aliphatic rings. The molecule has 1 aliphatic carbocycles. The Bertz CT molecular complexity index is 113. The lowest BCUT2D eigenvalue weighted by Gasteiger charge is -2.34. The molecule has 1 saturated carbocycles. The minimum absolute atomic E-state index is 0. The average Bonchev–Trinajstić information content (AvgIpc) is 1.94. The third-order valence-electron chi connectivity index (χ3n) is 3.03. The summed E-state index contributed by atoms with van der Waals surface area (Å²) in [4.78, 5) is 0. The molecule has 0 aliphatic heterocycles. The van der Waals surface area contributed by atoms with E-state index in [0.29, 0.717) is 5.41 Å². The summed E-state index contributed by atoms with van der Waals surface area (Å²) in [6, 6.07) is 0. The fourth-order valence-electron chi connectivity index (χ4n) is 1.98. The van der Waals surface area contributed by atoms with Crippen molar-refractivity contribution >= 4 is 12.4 Å². The standard InChI is InChI=1S/C10H21N.ClH/c1-10(2)6-3-9(4-7-10)5-8-11;/h9H,3-8,11H2,1-2H3;1H. The second-order valence-electron chi connectivity index (χ2n) is 4.68. The van der Waals surface area contributed by atoms with E-state index >= 15 is 0 Å². The van der Waals surface area contributed by atoms with Gasteiger partial charge in [0.25, 0.3) is 0 Å². The first-order chi connectivity index (χ1) is 5.14. The summed E-state index contributed by atoms with van der Waals surface area (Å²) in [5.74, 6) is 0.938. The van der Waals surface area contributed by atoms with Gasteiger partial charge in [-0.1, -0.05) is 13.8 Å². The maximum atomic E-state index is 5.53. The van der Waals surface area contributed by atoms with Crippen LogP contribution in [0.15, 0.2) is 0 Å². The third kappa shape index (κ3) is 3.77. The summed E-state index contributed by atoms with van der Waals surface area (Å²) in [7, 11) is 0. The van der Waals surface area contributed by atoms with Crippen molar-refractivity contribution in [3.8, 4) is 0 Å². The van der Waals surface area contributed by atoms with Gasteiger partial charge in [0.2, 0.25) is 0 Å². The van der Waals surface area contributed by atoms with Gasteiger partial charge in [-0.25, -0.2) is 0 Å². The predicted molar refractivity (Wildman–Crippen MR) is 56.7 cm³/mol. The highest BCUT2D eigenvalue weighted by atomic mass is 35.5. The molecule has 0 amide bonds. The van der Waals surface area contributed by atoms with Crippen LogP contribution in [0, 0.1) is 11.3 Å². The van der Waals surface area contributed by atoms with Gasteiger partial charge in [-0.05, 0) is 50.0 Å². The van der Waals surface area contributed by atoms with Gasteiger partial charge < -0.3 is 5.73 Å². The van der Waals surface area contributed by atoms with Gasteiger partial charge in [0.15, 0.2) is 0 Å². The molecule has 1 rings (SSSR count). The molecule has 0 radical (unpaired) electrons. The molecular formula is C10H22ClN. The Hall–Kier alpha value is 0.250. The summed E-state index contributed by atoms with van der Waals surface area (Å²) < 4.78 is 0. The van der Waals surface area contributed by atoms with Crippen molar-refractivity contribution in [1.82, 2.24) is 0 Å². The second-order valence-corrected chi connectivity index (χ2v) is 4.68.